The molecule has 0 amide bonds. The van der Waals surface area contributed by atoms with Crippen molar-refractivity contribution in [2.45, 2.75) is 19.8 Å². The van der Waals surface area contributed by atoms with Crippen molar-refractivity contribution in [3.8, 4) is 17.2 Å². The second-order valence-electron chi connectivity index (χ2n) is 6.93. The second kappa shape index (κ2) is 10.2. The maximum Gasteiger partial charge on any atom is 0.165 e. The maximum atomic E-state index is 6.10. The normalized spacial score (nSPS) is 10.4. The predicted octanol–water partition coefficient (Wildman–Crippen LogP) is 6.42. The molecule has 0 bridgehead atoms. The van der Waals surface area contributed by atoms with Crippen LogP contribution < -0.4 is 14.2 Å². The molecule has 0 atom stereocenters. The van der Waals surface area contributed by atoms with E-state index in [-0.39, 0.29) is 0 Å². The maximum absolute atomic E-state index is 6.10. The Hall–Kier alpha value is -3.72. The van der Waals surface area contributed by atoms with Crippen LogP contribution in [0.15, 0.2) is 109 Å². The van der Waals surface area contributed by atoms with E-state index in [1.807, 2.05) is 109 Å². The van der Waals surface area contributed by atoms with Crippen LogP contribution >= 0.6 is 0 Å². The summed E-state index contributed by atoms with van der Waals surface area (Å²) in [5, 5.41) is 0. The standard InChI is InChI=1S/C27H24O3/c1-4-10-22(11-5-1)19-28-25-16-17-26(29-20-23-12-6-2-7-13-23)27(18-25)30-21-24-14-8-3-9-15-24/h1-18H,19-21H2. The van der Waals surface area contributed by atoms with Gasteiger partial charge < -0.3 is 14.2 Å². The number of benzene rings is 4. The van der Waals surface area contributed by atoms with Gasteiger partial charge in [-0.15, -0.1) is 0 Å². The van der Waals surface area contributed by atoms with Gasteiger partial charge in [-0.1, -0.05) is 91.0 Å². The first-order valence-corrected chi connectivity index (χ1v) is 10.0. The first-order chi connectivity index (χ1) is 14.9. The zero-order valence-electron chi connectivity index (χ0n) is 16.7. The van der Waals surface area contributed by atoms with Gasteiger partial charge >= 0.3 is 0 Å². The lowest BCUT2D eigenvalue weighted by atomic mass is 10.2. The highest BCUT2D eigenvalue weighted by molar-refractivity contribution is 5.46. The molecule has 4 aromatic carbocycles. The van der Waals surface area contributed by atoms with Crippen molar-refractivity contribution in [2.24, 2.45) is 0 Å². The molecular weight excluding hydrogens is 372 g/mol. The summed E-state index contributed by atoms with van der Waals surface area (Å²) < 4.78 is 18.1. The van der Waals surface area contributed by atoms with E-state index >= 15 is 0 Å². The summed E-state index contributed by atoms with van der Waals surface area (Å²) in [5.74, 6) is 2.11. The number of hydrogen-bond acceptors (Lipinski definition) is 3. The van der Waals surface area contributed by atoms with Gasteiger partial charge in [-0.3, -0.25) is 0 Å². The van der Waals surface area contributed by atoms with Crippen LogP contribution in [0.1, 0.15) is 16.7 Å². The van der Waals surface area contributed by atoms with Crippen LogP contribution in [-0.2, 0) is 19.8 Å². The van der Waals surface area contributed by atoms with Gasteiger partial charge in [-0.05, 0) is 28.8 Å². The molecule has 0 N–H and O–H groups in total. The molecule has 3 heteroatoms. The van der Waals surface area contributed by atoms with Gasteiger partial charge in [-0.25, -0.2) is 0 Å². The Balaban J connectivity index is 1.48. The Bertz CT molecular complexity index is 1030. The van der Waals surface area contributed by atoms with Crippen LogP contribution in [0.2, 0.25) is 0 Å². The highest BCUT2D eigenvalue weighted by Crippen LogP contribution is 2.33. The van der Waals surface area contributed by atoms with Crippen LogP contribution in [0.5, 0.6) is 17.2 Å². The quantitative estimate of drug-likeness (QED) is 0.326. The monoisotopic (exact) mass is 396 g/mol. The van der Waals surface area contributed by atoms with Crippen molar-refractivity contribution < 1.29 is 14.2 Å². The molecule has 0 aliphatic heterocycles. The molecule has 0 aliphatic rings. The minimum absolute atomic E-state index is 0.463. The molecule has 0 fully saturated rings. The van der Waals surface area contributed by atoms with Crippen LogP contribution in [0, 0.1) is 0 Å². The Morgan fingerprint density at radius 1 is 0.400 bits per heavy atom. The van der Waals surface area contributed by atoms with Gasteiger partial charge in [0.1, 0.15) is 25.6 Å². The third kappa shape index (κ3) is 5.65. The number of rotatable bonds is 9. The molecule has 0 saturated carbocycles. The fourth-order valence-corrected chi connectivity index (χ4v) is 3.02. The van der Waals surface area contributed by atoms with E-state index in [1.165, 1.54) is 0 Å². The topological polar surface area (TPSA) is 27.7 Å². The molecule has 3 nitrogen and oxygen atoms in total. The SMILES string of the molecule is c1ccc(COc2ccc(OCc3ccccc3)c(OCc3ccccc3)c2)cc1. The molecule has 0 unspecified atom stereocenters. The van der Waals surface area contributed by atoms with Crippen molar-refractivity contribution in [3.63, 3.8) is 0 Å². The van der Waals surface area contributed by atoms with E-state index in [0.29, 0.717) is 31.3 Å². The van der Waals surface area contributed by atoms with E-state index in [2.05, 4.69) is 0 Å². The Labute approximate surface area is 177 Å². The largest absolute Gasteiger partial charge is 0.489 e. The molecule has 4 rings (SSSR count). The number of ether oxygens (including phenoxy) is 3. The summed E-state index contributed by atoms with van der Waals surface area (Å²) in [4.78, 5) is 0. The zero-order chi connectivity index (χ0) is 20.4. The summed E-state index contributed by atoms with van der Waals surface area (Å²) in [6, 6.07) is 36.0. The van der Waals surface area contributed by atoms with Crippen molar-refractivity contribution in [2.75, 3.05) is 0 Å². The van der Waals surface area contributed by atoms with Crippen LogP contribution in [0.25, 0.3) is 0 Å². The Morgan fingerprint density at radius 3 is 1.33 bits per heavy atom. The van der Waals surface area contributed by atoms with Gasteiger partial charge in [0.25, 0.3) is 0 Å². The summed E-state index contributed by atoms with van der Waals surface area (Å²) in [6.45, 7) is 1.45. The Kier molecular flexibility index (Phi) is 6.64. The van der Waals surface area contributed by atoms with Crippen molar-refractivity contribution in [1.29, 1.82) is 0 Å². The summed E-state index contributed by atoms with van der Waals surface area (Å²) >= 11 is 0. The van der Waals surface area contributed by atoms with Crippen molar-refractivity contribution >= 4 is 0 Å². The number of hydrogen-bond donors (Lipinski definition) is 0. The van der Waals surface area contributed by atoms with Crippen LogP contribution in [0.3, 0.4) is 0 Å². The highest BCUT2D eigenvalue weighted by atomic mass is 16.5. The molecule has 150 valence electrons. The minimum atomic E-state index is 0.463. The average molecular weight is 396 g/mol. The molecule has 30 heavy (non-hydrogen) atoms. The molecule has 0 aromatic heterocycles. The highest BCUT2D eigenvalue weighted by Gasteiger charge is 2.09. The van der Waals surface area contributed by atoms with Crippen LogP contribution in [-0.4, -0.2) is 0 Å². The van der Waals surface area contributed by atoms with E-state index in [9.17, 15) is 0 Å². The van der Waals surface area contributed by atoms with E-state index in [0.717, 1.165) is 22.4 Å². The molecule has 0 radical (unpaired) electrons. The fourth-order valence-electron chi connectivity index (χ4n) is 3.02. The fraction of sp³-hybridized carbons (Fsp3) is 0.111. The molecular formula is C27H24O3. The van der Waals surface area contributed by atoms with Gasteiger partial charge in [0.05, 0.1) is 0 Å². The first-order valence-electron chi connectivity index (χ1n) is 10.0. The molecule has 0 heterocycles. The molecule has 4 aromatic rings. The van der Waals surface area contributed by atoms with Crippen molar-refractivity contribution in [1.82, 2.24) is 0 Å². The summed E-state index contributed by atoms with van der Waals surface area (Å²) in [6.07, 6.45) is 0. The summed E-state index contributed by atoms with van der Waals surface area (Å²) in [7, 11) is 0. The minimum Gasteiger partial charge on any atom is -0.489 e. The first kappa shape index (κ1) is 19.6. The smallest absolute Gasteiger partial charge is 0.165 e. The third-order valence-electron chi connectivity index (χ3n) is 4.64. The lowest BCUT2D eigenvalue weighted by Crippen LogP contribution is -2.02. The average Bonchev–Trinajstić information content (AvgIpc) is 2.82. The van der Waals surface area contributed by atoms with Crippen LogP contribution in [0.4, 0.5) is 0 Å². The van der Waals surface area contributed by atoms with Gasteiger partial charge in [0, 0.05) is 6.07 Å². The lowest BCUT2D eigenvalue weighted by molar-refractivity contribution is 0.251. The van der Waals surface area contributed by atoms with Gasteiger partial charge in [0.15, 0.2) is 11.5 Å². The third-order valence-corrected chi connectivity index (χ3v) is 4.64. The second-order valence-corrected chi connectivity index (χ2v) is 6.93. The molecule has 0 saturated heterocycles. The van der Waals surface area contributed by atoms with E-state index in [1.54, 1.807) is 0 Å². The zero-order valence-corrected chi connectivity index (χ0v) is 16.7. The van der Waals surface area contributed by atoms with Gasteiger partial charge in [-0.2, -0.15) is 0 Å². The molecule has 0 spiro atoms. The lowest BCUT2D eigenvalue weighted by Gasteiger charge is -2.15. The molecule has 0 aliphatic carbocycles. The Morgan fingerprint density at radius 2 is 0.833 bits per heavy atom. The summed E-state index contributed by atoms with van der Waals surface area (Å²) in [5.41, 5.74) is 3.33. The van der Waals surface area contributed by atoms with E-state index in [4.69, 9.17) is 14.2 Å². The van der Waals surface area contributed by atoms with Crippen molar-refractivity contribution in [3.05, 3.63) is 126 Å². The van der Waals surface area contributed by atoms with E-state index < -0.39 is 0 Å². The van der Waals surface area contributed by atoms with Gasteiger partial charge in [0.2, 0.25) is 0 Å². The predicted molar refractivity (Wildman–Crippen MR) is 119 cm³/mol.